The molecule has 0 amide bonds. The molecule has 1 aromatic carbocycles. The van der Waals surface area contributed by atoms with E-state index in [9.17, 15) is 4.39 Å². The second kappa shape index (κ2) is 3.11. The molecule has 15 heavy (non-hydrogen) atoms. The van der Waals surface area contributed by atoms with Crippen LogP contribution in [0.1, 0.15) is 17.7 Å². The van der Waals surface area contributed by atoms with Gasteiger partial charge in [0.15, 0.2) is 0 Å². The first-order valence-corrected chi connectivity index (χ1v) is 5.19. The van der Waals surface area contributed by atoms with Gasteiger partial charge in [-0.1, -0.05) is 11.6 Å². The molecule has 76 valence electrons. The highest BCUT2D eigenvalue weighted by atomic mass is 35.5. The fraction of sp³-hybridized carbons (Fsp3) is 0.167. The number of halogens is 2. The molecule has 0 spiro atoms. The van der Waals surface area contributed by atoms with Crippen LogP contribution in [0, 0.1) is 5.82 Å². The van der Waals surface area contributed by atoms with Crippen LogP contribution >= 0.6 is 11.6 Å². The minimum absolute atomic E-state index is 0.230. The third-order valence-electron chi connectivity index (χ3n) is 2.69. The Balaban J connectivity index is 2.34. The van der Waals surface area contributed by atoms with Crippen molar-refractivity contribution in [1.82, 2.24) is 0 Å². The van der Waals surface area contributed by atoms with Gasteiger partial charge in [-0.2, -0.15) is 0 Å². The van der Waals surface area contributed by atoms with E-state index in [1.165, 1.54) is 12.1 Å². The Morgan fingerprint density at radius 2 is 2.13 bits per heavy atom. The molecule has 0 saturated heterocycles. The topological polar surface area (TPSA) is 13.1 Å². The lowest BCUT2D eigenvalue weighted by molar-refractivity contribution is 0.592. The van der Waals surface area contributed by atoms with Crippen LogP contribution in [0.15, 0.2) is 27.6 Å². The van der Waals surface area contributed by atoms with Crippen molar-refractivity contribution < 1.29 is 8.81 Å². The number of fused-ring (bicyclic) bond motifs is 3. The Morgan fingerprint density at radius 3 is 3.00 bits per heavy atom. The van der Waals surface area contributed by atoms with E-state index in [0.29, 0.717) is 0 Å². The molecule has 1 nitrogen and oxygen atoms in total. The van der Waals surface area contributed by atoms with Crippen LogP contribution < -0.4 is 0 Å². The van der Waals surface area contributed by atoms with Crippen molar-refractivity contribution in [3.63, 3.8) is 0 Å². The predicted molar refractivity (Wildman–Crippen MR) is 58.3 cm³/mol. The molecule has 0 aliphatic heterocycles. The fourth-order valence-electron chi connectivity index (χ4n) is 1.97. The largest absolute Gasteiger partial charge is 0.456 e. The Kier molecular flexibility index (Phi) is 1.86. The van der Waals surface area contributed by atoms with E-state index in [2.05, 4.69) is 0 Å². The maximum atomic E-state index is 13.1. The molecule has 3 rings (SSSR count). The van der Waals surface area contributed by atoms with Crippen LogP contribution in [0.4, 0.5) is 4.39 Å². The van der Waals surface area contributed by atoms with Gasteiger partial charge in [-0.05, 0) is 37.1 Å². The zero-order chi connectivity index (χ0) is 10.4. The highest BCUT2D eigenvalue weighted by Crippen LogP contribution is 2.34. The summed E-state index contributed by atoms with van der Waals surface area (Å²) in [6.45, 7) is 0. The molecule has 0 bridgehead atoms. The van der Waals surface area contributed by atoms with Gasteiger partial charge in [0.2, 0.25) is 0 Å². The van der Waals surface area contributed by atoms with Crippen molar-refractivity contribution in [3.8, 4) is 0 Å². The molecular weight excluding hydrogens is 215 g/mol. The summed E-state index contributed by atoms with van der Waals surface area (Å²) in [5.41, 5.74) is 1.79. The number of hydrogen-bond acceptors (Lipinski definition) is 1. The molecule has 0 saturated carbocycles. The number of aryl methyl sites for hydroxylation is 1. The predicted octanol–water partition coefficient (Wildman–Crippen LogP) is 4.10. The fourth-order valence-corrected chi connectivity index (χ4v) is 2.17. The SMILES string of the molecule is Fc1ccc2oc3c(c2c1)CCC(Cl)=C3. The van der Waals surface area contributed by atoms with E-state index in [-0.39, 0.29) is 5.82 Å². The molecule has 0 atom stereocenters. The van der Waals surface area contributed by atoms with Gasteiger partial charge >= 0.3 is 0 Å². The van der Waals surface area contributed by atoms with E-state index in [4.69, 9.17) is 16.0 Å². The molecule has 1 aromatic heterocycles. The van der Waals surface area contributed by atoms with Gasteiger partial charge in [0.1, 0.15) is 17.2 Å². The van der Waals surface area contributed by atoms with Crippen LogP contribution in [0.3, 0.4) is 0 Å². The van der Waals surface area contributed by atoms with Crippen LogP contribution in [0.2, 0.25) is 0 Å². The highest BCUT2D eigenvalue weighted by molar-refractivity contribution is 6.31. The lowest BCUT2D eigenvalue weighted by atomic mass is 10.0. The third-order valence-corrected chi connectivity index (χ3v) is 2.98. The average molecular weight is 223 g/mol. The lowest BCUT2D eigenvalue weighted by Gasteiger charge is -2.05. The lowest BCUT2D eigenvalue weighted by Crippen LogP contribution is -1.92. The Bertz CT molecular complexity index is 568. The normalized spacial score (nSPS) is 15.2. The second-order valence-electron chi connectivity index (χ2n) is 3.68. The van der Waals surface area contributed by atoms with Crippen molar-refractivity contribution in [2.24, 2.45) is 0 Å². The summed E-state index contributed by atoms with van der Waals surface area (Å²) < 4.78 is 18.7. The molecular formula is C12H8ClFO. The summed E-state index contributed by atoms with van der Waals surface area (Å²) in [5.74, 6) is 0.540. The number of hydrogen-bond donors (Lipinski definition) is 0. The summed E-state index contributed by atoms with van der Waals surface area (Å²) in [5, 5.41) is 1.66. The van der Waals surface area contributed by atoms with Crippen molar-refractivity contribution in [2.45, 2.75) is 12.8 Å². The van der Waals surface area contributed by atoms with Gasteiger partial charge in [-0.25, -0.2) is 4.39 Å². The molecule has 1 aliphatic rings. The molecule has 1 aliphatic carbocycles. The van der Waals surface area contributed by atoms with E-state index in [1.807, 2.05) is 6.08 Å². The first-order chi connectivity index (χ1) is 7.24. The van der Waals surface area contributed by atoms with Crippen molar-refractivity contribution >= 4 is 28.6 Å². The van der Waals surface area contributed by atoms with Gasteiger partial charge in [-0.3, -0.25) is 0 Å². The van der Waals surface area contributed by atoms with E-state index in [0.717, 1.165) is 40.2 Å². The molecule has 0 fully saturated rings. The maximum Gasteiger partial charge on any atom is 0.135 e. The summed E-state index contributed by atoms with van der Waals surface area (Å²) >= 11 is 5.93. The Hall–Kier alpha value is -1.28. The van der Waals surface area contributed by atoms with E-state index in [1.54, 1.807) is 6.07 Å². The van der Waals surface area contributed by atoms with Crippen LogP contribution in [0.25, 0.3) is 17.0 Å². The summed E-state index contributed by atoms with van der Waals surface area (Å²) in [4.78, 5) is 0. The average Bonchev–Trinajstić information content (AvgIpc) is 2.54. The maximum absolute atomic E-state index is 13.1. The summed E-state index contributed by atoms with van der Waals surface area (Å²) in [6, 6.07) is 4.58. The van der Waals surface area contributed by atoms with Crippen molar-refractivity contribution in [2.75, 3.05) is 0 Å². The Morgan fingerprint density at radius 1 is 1.27 bits per heavy atom. The van der Waals surface area contributed by atoms with Gasteiger partial charge in [0.05, 0.1) is 0 Å². The van der Waals surface area contributed by atoms with Crippen molar-refractivity contribution in [1.29, 1.82) is 0 Å². The summed E-state index contributed by atoms with van der Waals surface area (Å²) in [7, 11) is 0. The standard InChI is InChI=1S/C12H8ClFO/c13-7-1-3-9-10-6-8(14)2-4-11(10)15-12(9)5-7/h2,4-6H,1,3H2. The quantitative estimate of drug-likeness (QED) is 0.654. The number of benzene rings is 1. The van der Waals surface area contributed by atoms with Gasteiger partial charge in [0.25, 0.3) is 0 Å². The van der Waals surface area contributed by atoms with Gasteiger partial charge in [0, 0.05) is 16.0 Å². The smallest absolute Gasteiger partial charge is 0.135 e. The van der Waals surface area contributed by atoms with E-state index < -0.39 is 0 Å². The molecule has 0 radical (unpaired) electrons. The molecule has 0 unspecified atom stereocenters. The van der Waals surface area contributed by atoms with Gasteiger partial charge in [-0.15, -0.1) is 0 Å². The van der Waals surface area contributed by atoms with Gasteiger partial charge < -0.3 is 4.42 Å². The van der Waals surface area contributed by atoms with Crippen LogP contribution in [-0.2, 0) is 6.42 Å². The first kappa shape index (κ1) is 8.98. The number of allylic oxidation sites excluding steroid dienone is 1. The Labute approximate surface area is 91.1 Å². The third kappa shape index (κ3) is 1.37. The number of furan rings is 1. The zero-order valence-corrected chi connectivity index (χ0v) is 8.64. The monoisotopic (exact) mass is 222 g/mol. The minimum atomic E-state index is -0.230. The number of rotatable bonds is 0. The van der Waals surface area contributed by atoms with Crippen molar-refractivity contribution in [3.05, 3.63) is 40.4 Å². The summed E-state index contributed by atoms with van der Waals surface area (Å²) in [6.07, 6.45) is 3.44. The highest BCUT2D eigenvalue weighted by Gasteiger charge is 2.17. The molecule has 0 N–H and O–H groups in total. The molecule has 2 aromatic rings. The first-order valence-electron chi connectivity index (χ1n) is 4.81. The van der Waals surface area contributed by atoms with Crippen LogP contribution in [0.5, 0.6) is 0 Å². The molecule has 1 heterocycles. The van der Waals surface area contributed by atoms with Crippen LogP contribution in [-0.4, -0.2) is 0 Å². The zero-order valence-electron chi connectivity index (χ0n) is 7.89. The second-order valence-corrected chi connectivity index (χ2v) is 4.16. The minimum Gasteiger partial charge on any atom is -0.456 e. The van der Waals surface area contributed by atoms with E-state index >= 15 is 0 Å². The molecule has 3 heteroatoms.